The van der Waals surface area contributed by atoms with Crippen molar-refractivity contribution in [2.75, 3.05) is 10.6 Å². The summed E-state index contributed by atoms with van der Waals surface area (Å²) in [6.45, 7) is 6.34. The van der Waals surface area contributed by atoms with Gasteiger partial charge in [-0.15, -0.1) is 11.3 Å². The molecule has 0 aliphatic rings. The molecule has 2 amide bonds. The molecule has 0 unspecified atom stereocenters. The maximum Gasteiger partial charge on any atom is 0.342 e. The summed E-state index contributed by atoms with van der Waals surface area (Å²) in [4.78, 5) is 41.0. The second-order valence-electron chi connectivity index (χ2n) is 5.69. The fourth-order valence-electron chi connectivity index (χ4n) is 2.12. The predicted octanol–water partition coefficient (Wildman–Crippen LogP) is 4.21. The fourth-order valence-corrected chi connectivity index (χ4v) is 3.64. The van der Waals surface area contributed by atoms with Crippen LogP contribution in [0.3, 0.4) is 0 Å². The van der Waals surface area contributed by atoms with E-state index in [9.17, 15) is 14.4 Å². The van der Waals surface area contributed by atoms with E-state index in [4.69, 9.17) is 27.9 Å². The molecule has 2 aromatic rings. The van der Waals surface area contributed by atoms with Crippen LogP contribution in [-0.4, -0.2) is 28.9 Å². The molecule has 0 saturated carbocycles. The largest absolute Gasteiger partial charge is 0.449 e. The van der Waals surface area contributed by atoms with E-state index in [-0.39, 0.29) is 22.3 Å². The van der Waals surface area contributed by atoms with Crippen molar-refractivity contribution in [2.45, 2.75) is 33.8 Å². The van der Waals surface area contributed by atoms with Crippen molar-refractivity contribution < 1.29 is 19.1 Å². The van der Waals surface area contributed by atoms with Gasteiger partial charge in [0, 0.05) is 18.0 Å². The number of hydrogen-bond donors (Lipinski definition) is 2. The lowest BCUT2D eigenvalue weighted by Gasteiger charge is -2.14. The molecule has 2 aromatic heterocycles. The molecule has 0 spiro atoms. The van der Waals surface area contributed by atoms with Gasteiger partial charge in [-0.05, 0) is 32.4 Å². The molecule has 27 heavy (non-hydrogen) atoms. The standard InChI is InChI=1S/C17H17Cl2N3O4S/c1-7-9(3)27-16(21-10(4)23)13(7)17(25)26-8(2)15(24)22-14-12(19)5-11(18)6-20-14/h5-6,8H,1-4H3,(H,21,23)(H,20,22,24)/t8-/m0/s1. The van der Waals surface area contributed by atoms with Gasteiger partial charge in [-0.1, -0.05) is 23.2 Å². The first kappa shape index (κ1) is 21.1. The van der Waals surface area contributed by atoms with Crippen LogP contribution in [0.25, 0.3) is 0 Å². The SMILES string of the molecule is CC(=O)Nc1sc(C)c(C)c1C(=O)O[C@@H](C)C(=O)Nc1ncc(Cl)cc1Cl. The first-order valence-corrected chi connectivity index (χ1v) is 9.37. The van der Waals surface area contributed by atoms with Gasteiger partial charge in [0.15, 0.2) is 11.9 Å². The van der Waals surface area contributed by atoms with Crippen LogP contribution < -0.4 is 10.6 Å². The summed E-state index contributed by atoms with van der Waals surface area (Å²) < 4.78 is 5.26. The Morgan fingerprint density at radius 1 is 1.22 bits per heavy atom. The molecular weight excluding hydrogens is 413 g/mol. The van der Waals surface area contributed by atoms with Gasteiger partial charge in [0.25, 0.3) is 5.91 Å². The number of aromatic nitrogens is 1. The zero-order valence-electron chi connectivity index (χ0n) is 15.0. The lowest BCUT2D eigenvalue weighted by molar-refractivity contribution is -0.123. The third kappa shape index (κ3) is 5.18. The van der Waals surface area contributed by atoms with Gasteiger partial charge in [0.05, 0.1) is 15.6 Å². The smallest absolute Gasteiger partial charge is 0.342 e. The summed E-state index contributed by atoms with van der Waals surface area (Å²) >= 11 is 13.0. The predicted molar refractivity (Wildman–Crippen MR) is 106 cm³/mol. The highest BCUT2D eigenvalue weighted by molar-refractivity contribution is 7.16. The van der Waals surface area contributed by atoms with Crippen LogP contribution in [0, 0.1) is 13.8 Å². The van der Waals surface area contributed by atoms with Gasteiger partial charge in [-0.25, -0.2) is 9.78 Å². The summed E-state index contributed by atoms with van der Waals surface area (Å²) in [5.41, 5.74) is 0.916. The molecule has 0 aliphatic carbocycles. The summed E-state index contributed by atoms with van der Waals surface area (Å²) in [5.74, 6) is -1.51. The Labute approximate surface area is 170 Å². The molecule has 1 atom stereocenters. The maximum atomic E-state index is 12.6. The van der Waals surface area contributed by atoms with Crippen molar-refractivity contribution in [3.8, 4) is 0 Å². The first-order valence-electron chi connectivity index (χ1n) is 7.80. The summed E-state index contributed by atoms with van der Waals surface area (Å²) in [7, 11) is 0. The Morgan fingerprint density at radius 2 is 1.89 bits per heavy atom. The highest BCUT2D eigenvalue weighted by Crippen LogP contribution is 2.33. The fraction of sp³-hybridized carbons (Fsp3) is 0.294. The van der Waals surface area contributed by atoms with E-state index in [1.54, 1.807) is 6.92 Å². The average molecular weight is 430 g/mol. The lowest BCUT2D eigenvalue weighted by atomic mass is 10.1. The number of anilines is 2. The van der Waals surface area contributed by atoms with Crippen molar-refractivity contribution in [1.29, 1.82) is 0 Å². The van der Waals surface area contributed by atoms with E-state index in [1.807, 2.05) is 6.92 Å². The molecule has 0 bridgehead atoms. The van der Waals surface area contributed by atoms with Gasteiger partial charge in [0.2, 0.25) is 5.91 Å². The number of ether oxygens (including phenoxy) is 1. The lowest BCUT2D eigenvalue weighted by Crippen LogP contribution is -2.30. The molecule has 0 aromatic carbocycles. The summed E-state index contributed by atoms with van der Waals surface area (Å²) in [6.07, 6.45) is 0.215. The number of carbonyl (C=O) groups excluding carboxylic acids is 3. The van der Waals surface area contributed by atoms with Crippen LogP contribution in [-0.2, 0) is 14.3 Å². The number of nitrogens with zero attached hydrogens (tertiary/aromatic N) is 1. The van der Waals surface area contributed by atoms with E-state index >= 15 is 0 Å². The van der Waals surface area contributed by atoms with Crippen molar-refractivity contribution >= 4 is 63.1 Å². The van der Waals surface area contributed by atoms with E-state index in [2.05, 4.69) is 15.6 Å². The van der Waals surface area contributed by atoms with Gasteiger partial charge in [-0.3, -0.25) is 9.59 Å². The van der Waals surface area contributed by atoms with Crippen molar-refractivity contribution in [3.63, 3.8) is 0 Å². The molecule has 2 rings (SSSR count). The van der Waals surface area contributed by atoms with Gasteiger partial charge >= 0.3 is 5.97 Å². The Bertz CT molecular complexity index is 914. The minimum atomic E-state index is -1.11. The van der Waals surface area contributed by atoms with E-state index in [0.29, 0.717) is 15.6 Å². The van der Waals surface area contributed by atoms with Crippen molar-refractivity contribution in [2.24, 2.45) is 0 Å². The molecule has 144 valence electrons. The van der Waals surface area contributed by atoms with E-state index in [0.717, 1.165) is 4.88 Å². The molecule has 7 nitrogen and oxygen atoms in total. The maximum absolute atomic E-state index is 12.6. The normalized spacial score (nSPS) is 11.6. The summed E-state index contributed by atoms with van der Waals surface area (Å²) in [6, 6.07) is 1.43. The number of nitrogens with one attached hydrogen (secondary N) is 2. The molecular formula is C17H17Cl2N3O4S. The highest BCUT2D eigenvalue weighted by atomic mass is 35.5. The van der Waals surface area contributed by atoms with E-state index < -0.39 is 18.0 Å². The monoisotopic (exact) mass is 429 g/mol. The number of hydrogen-bond acceptors (Lipinski definition) is 6. The minimum absolute atomic E-state index is 0.107. The Hall–Kier alpha value is -2.16. The Morgan fingerprint density at radius 3 is 2.48 bits per heavy atom. The first-order chi connectivity index (χ1) is 12.6. The zero-order chi connectivity index (χ0) is 20.3. The molecule has 2 N–H and O–H groups in total. The van der Waals surface area contributed by atoms with Crippen LogP contribution in [0.4, 0.5) is 10.8 Å². The Kier molecular flexibility index (Phi) is 6.80. The second kappa shape index (κ2) is 8.69. The number of amides is 2. The number of rotatable bonds is 5. The number of carbonyl (C=O) groups is 3. The summed E-state index contributed by atoms with van der Waals surface area (Å²) in [5, 5.41) is 5.96. The van der Waals surface area contributed by atoms with Crippen LogP contribution in [0.2, 0.25) is 10.0 Å². The van der Waals surface area contributed by atoms with Crippen molar-refractivity contribution in [3.05, 3.63) is 38.3 Å². The second-order valence-corrected chi connectivity index (χ2v) is 7.76. The highest BCUT2D eigenvalue weighted by Gasteiger charge is 2.26. The van der Waals surface area contributed by atoms with Gasteiger partial charge in [-0.2, -0.15) is 0 Å². The molecule has 0 radical (unpaired) electrons. The Balaban J connectivity index is 2.13. The molecule has 10 heteroatoms. The van der Waals surface area contributed by atoms with E-state index in [1.165, 1.54) is 37.4 Å². The quantitative estimate of drug-likeness (QED) is 0.693. The minimum Gasteiger partial charge on any atom is -0.449 e. The van der Waals surface area contributed by atoms with Crippen molar-refractivity contribution in [1.82, 2.24) is 4.98 Å². The van der Waals surface area contributed by atoms with Crippen LogP contribution in [0.15, 0.2) is 12.3 Å². The van der Waals surface area contributed by atoms with Crippen LogP contribution in [0.5, 0.6) is 0 Å². The zero-order valence-corrected chi connectivity index (χ0v) is 17.3. The number of esters is 1. The number of thiophene rings is 1. The van der Waals surface area contributed by atoms with Gasteiger partial charge < -0.3 is 15.4 Å². The number of halogens is 2. The third-order valence-corrected chi connectivity index (χ3v) is 5.20. The topological polar surface area (TPSA) is 97.4 Å². The average Bonchev–Trinajstić information content (AvgIpc) is 2.83. The molecule has 0 fully saturated rings. The van der Waals surface area contributed by atoms with Crippen LogP contribution in [0.1, 0.15) is 34.6 Å². The molecule has 0 aliphatic heterocycles. The third-order valence-electron chi connectivity index (χ3n) is 3.58. The molecule has 2 heterocycles. The molecule has 0 saturated heterocycles. The number of aryl methyl sites for hydroxylation is 1. The van der Waals surface area contributed by atoms with Gasteiger partial charge in [0.1, 0.15) is 5.00 Å². The van der Waals surface area contributed by atoms with Crippen LogP contribution >= 0.6 is 34.5 Å². The number of pyridine rings is 1.